The Morgan fingerprint density at radius 2 is 1.53 bits per heavy atom. The van der Waals surface area contributed by atoms with E-state index >= 15 is 0 Å². The Morgan fingerprint density at radius 1 is 0.882 bits per heavy atom. The van der Waals surface area contributed by atoms with Crippen molar-refractivity contribution in [2.75, 3.05) is 6.54 Å². The van der Waals surface area contributed by atoms with Gasteiger partial charge in [0.1, 0.15) is 0 Å². The Balaban J connectivity index is 2.14. The van der Waals surface area contributed by atoms with Crippen molar-refractivity contribution in [3.63, 3.8) is 0 Å². The van der Waals surface area contributed by atoms with Crippen LogP contribution in [0.25, 0.3) is 0 Å². The fraction of sp³-hybridized carbons (Fsp3) is 0.625. The van der Waals surface area contributed by atoms with E-state index in [-0.39, 0.29) is 0 Å². The van der Waals surface area contributed by atoms with E-state index in [0.29, 0.717) is 0 Å². The summed E-state index contributed by atoms with van der Waals surface area (Å²) in [6, 6.07) is 6.80. The van der Waals surface area contributed by atoms with Gasteiger partial charge < -0.3 is 5.73 Å². The summed E-state index contributed by atoms with van der Waals surface area (Å²) < 4.78 is 0. The number of benzene rings is 1. The van der Waals surface area contributed by atoms with E-state index < -0.39 is 0 Å². The van der Waals surface area contributed by atoms with Crippen molar-refractivity contribution in [3.05, 3.63) is 34.9 Å². The highest BCUT2D eigenvalue weighted by molar-refractivity contribution is 5.30. The third-order valence-electron chi connectivity index (χ3n) is 3.40. The van der Waals surface area contributed by atoms with Crippen molar-refractivity contribution < 1.29 is 0 Å². The molecule has 0 saturated carbocycles. The largest absolute Gasteiger partial charge is 0.330 e. The van der Waals surface area contributed by atoms with Gasteiger partial charge in [-0.3, -0.25) is 0 Å². The quantitative estimate of drug-likeness (QED) is 0.671. The molecule has 17 heavy (non-hydrogen) atoms. The average molecular weight is 233 g/mol. The monoisotopic (exact) mass is 233 g/mol. The van der Waals surface area contributed by atoms with Crippen LogP contribution < -0.4 is 5.73 Å². The minimum Gasteiger partial charge on any atom is -0.330 e. The molecule has 0 bridgehead atoms. The lowest BCUT2D eigenvalue weighted by Crippen LogP contribution is -1.97. The smallest absolute Gasteiger partial charge is 0.00773 e. The molecule has 0 aliphatic carbocycles. The van der Waals surface area contributed by atoms with Gasteiger partial charge in [0, 0.05) is 0 Å². The standard InChI is InChI=1S/C16H27N/c1-14-10-11-16(15(2)13-14)9-7-5-3-4-6-8-12-17/h10-11,13H,3-9,12,17H2,1-2H3. The maximum Gasteiger partial charge on any atom is -0.00773 e. The van der Waals surface area contributed by atoms with Crippen molar-refractivity contribution in [2.24, 2.45) is 5.73 Å². The molecule has 0 radical (unpaired) electrons. The SMILES string of the molecule is Cc1ccc(CCCCCCCCN)c(C)c1. The summed E-state index contributed by atoms with van der Waals surface area (Å²) in [6.07, 6.45) is 9.14. The number of nitrogens with two attached hydrogens (primary N) is 1. The van der Waals surface area contributed by atoms with Crippen LogP contribution in [0.2, 0.25) is 0 Å². The molecule has 0 amide bonds. The molecule has 1 aromatic rings. The molecule has 0 aliphatic heterocycles. The van der Waals surface area contributed by atoms with Crippen LogP contribution in [-0.2, 0) is 6.42 Å². The predicted molar refractivity (Wildman–Crippen MR) is 76.4 cm³/mol. The molecule has 0 unspecified atom stereocenters. The maximum atomic E-state index is 5.47. The first-order valence-corrected chi connectivity index (χ1v) is 7.00. The van der Waals surface area contributed by atoms with Crippen LogP contribution in [0, 0.1) is 13.8 Å². The summed E-state index contributed by atoms with van der Waals surface area (Å²) in [6.45, 7) is 5.24. The molecule has 1 aromatic carbocycles. The molecule has 0 fully saturated rings. The van der Waals surface area contributed by atoms with Gasteiger partial charge in [0.15, 0.2) is 0 Å². The van der Waals surface area contributed by atoms with E-state index in [0.717, 1.165) is 6.54 Å². The third kappa shape index (κ3) is 5.88. The van der Waals surface area contributed by atoms with E-state index in [9.17, 15) is 0 Å². The summed E-state index contributed by atoms with van der Waals surface area (Å²) >= 11 is 0. The van der Waals surface area contributed by atoms with Gasteiger partial charge in [-0.05, 0) is 50.8 Å². The van der Waals surface area contributed by atoms with Gasteiger partial charge in [-0.15, -0.1) is 0 Å². The van der Waals surface area contributed by atoms with Crippen LogP contribution in [0.15, 0.2) is 18.2 Å². The molecule has 0 saturated heterocycles. The van der Waals surface area contributed by atoms with E-state index in [4.69, 9.17) is 5.73 Å². The molecule has 0 aromatic heterocycles. The van der Waals surface area contributed by atoms with Crippen molar-refractivity contribution in [2.45, 2.75) is 58.8 Å². The number of aryl methyl sites for hydroxylation is 3. The van der Waals surface area contributed by atoms with Crippen LogP contribution in [0.3, 0.4) is 0 Å². The Labute approximate surface area is 106 Å². The molecular formula is C16H27N. The zero-order chi connectivity index (χ0) is 12.5. The number of unbranched alkanes of at least 4 members (excludes halogenated alkanes) is 5. The Morgan fingerprint density at radius 3 is 2.18 bits per heavy atom. The second-order valence-corrected chi connectivity index (χ2v) is 5.09. The van der Waals surface area contributed by atoms with Crippen LogP contribution in [-0.4, -0.2) is 6.54 Å². The molecule has 1 rings (SSSR count). The lowest BCUT2D eigenvalue weighted by Gasteiger charge is -2.06. The number of hydrogen-bond acceptors (Lipinski definition) is 1. The lowest BCUT2D eigenvalue weighted by atomic mass is 9.99. The Hall–Kier alpha value is -0.820. The van der Waals surface area contributed by atoms with Crippen molar-refractivity contribution in [1.29, 1.82) is 0 Å². The molecule has 1 nitrogen and oxygen atoms in total. The normalized spacial score (nSPS) is 10.8. The van der Waals surface area contributed by atoms with E-state index in [2.05, 4.69) is 32.0 Å². The topological polar surface area (TPSA) is 26.0 Å². The first-order valence-electron chi connectivity index (χ1n) is 7.00. The van der Waals surface area contributed by atoms with Crippen LogP contribution in [0.5, 0.6) is 0 Å². The van der Waals surface area contributed by atoms with Crippen molar-refractivity contribution in [1.82, 2.24) is 0 Å². The molecule has 1 heteroatoms. The number of rotatable bonds is 8. The highest BCUT2D eigenvalue weighted by atomic mass is 14.5. The van der Waals surface area contributed by atoms with E-state index in [1.807, 2.05) is 0 Å². The highest BCUT2D eigenvalue weighted by Crippen LogP contribution is 2.14. The Bertz CT molecular complexity index is 317. The zero-order valence-corrected chi connectivity index (χ0v) is 11.5. The first-order chi connectivity index (χ1) is 8.24. The van der Waals surface area contributed by atoms with Gasteiger partial charge in [-0.25, -0.2) is 0 Å². The lowest BCUT2D eigenvalue weighted by molar-refractivity contribution is 0.597. The molecule has 0 atom stereocenters. The average Bonchev–Trinajstić information content (AvgIpc) is 2.30. The van der Waals surface area contributed by atoms with E-state index in [1.165, 1.54) is 61.6 Å². The van der Waals surface area contributed by atoms with Gasteiger partial charge in [-0.2, -0.15) is 0 Å². The van der Waals surface area contributed by atoms with Crippen molar-refractivity contribution >= 4 is 0 Å². The predicted octanol–water partition coefficient (Wildman–Crippen LogP) is 4.15. The summed E-state index contributed by atoms with van der Waals surface area (Å²) in [5.74, 6) is 0. The molecule has 0 heterocycles. The molecule has 96 valence electrons. The summed E-state index contributed by atoms with van der Waals surface area (Å²) in [5.41, 5.74) is 9.82. The van der Waals surface area contributed by atoms with Gasteiger partial charge in [-0.1, -0.05) is 49.4 Å². The van der Waals surface area contributed by atoms with Crippen LogP contribution >= 0.6 is 0 Å². The minimum atomic E-state index is 0.850. The van der Waals surface area contributed by atoms with Crippen LogP contribution in [0.4, 0.5) is 0 Å². The molecule has 0 aliphatic rings. The van der Waals surface area contributed by atoms with Gasteiger partial charge >= 0.3 is 0 Å². The van der Waals surface area contributed by atoms with Crippen molar-refractivity contribution in [3.8, 4) is 0 Å². The summed E-state index contributed by atoms with van der Waals surface area (Å²) in [5, 5.41) is 0. The number of hydrogen-bond donors (Lipinski definition) is 1. The minimum absolute atomic E-state index is 0.850. The fourth-order valence-corrected chi connectivity index (χ4v) is 2.29. The molecular weight excluding hydrogens is 206 g/mol. The highest BCUT2D eigenvalue weighted by Gasteiger charge is 1.98. The second-order valence-electron chi connectivity index (χ2n) is 5.09. The van der Waals surface area contributed by atoms with Gasteiger partial charge in [0.2, 0.25) is 0 Å². The van der Waals surface area contributed by atoms with E-state index in [1.54, 1.807) is 0 Å². The third-order valence-corrected chi connectivity index (χ3v) is 3.40. The van der Waals surface area contributed by atoms with Gasteiger partial charge in [0.25, 0.3) is 0 Å². The Kier molecular flexibility index (Phi) is 6.95. The zero-order valence-electron chi connectivity index (χ0n) is 11.5. The van der Waals surface area contributed by atoms with Crippen LogP contribution in [0.1, 0.15) is 55.2 Å². The summed E-state index contributed by atoms with van der Waals surface area (Å²) in [4.78, 5) is 0. The molecule has 2 N–H and O–H groups in total. The first kappa shape index (κ1) is 14.2. The maximum absolute atomic E-state index is 5.47. The second kappa shape index (κ2) is 8.30. The van der Waals surface area contributed by atoms with Gasteiger partial charge in [0.05, 0.1) is 0 Å². The summed E-state index contributed by atoms with van der Waals surface area (Å²) in [7, 11) is 0. The fourth-order valence-electron chi connectivity index (χ4n) is 2.29. The molecule has 0 spiro atoms.